The van der Waals surface area contributed by atoms with Gasteiger partial charge in [0.2, 0.25) is 15.9 Å². The number of amides is 1. The number of carbonyl (C=O) groups excluding carboxylic acids is 1. The summed E-state index contributed by atoms with van der Waals surface area (Å²) in [6.07, 6.45) is 0. The molecule has 106 valence electrons. The number of rotatable bonds is 5. The Labute approximate surface area is 112 Å². The van der Waals surface area contributed by atoms with Crippen molar-refractivity contribution in [2.75, 3.05) is 17.6 Å². The van der Waals surface area contributed by atoms with Gasteiger partial charge in [0.15, 0.2) is 0 Å². The van der Waals surface area contributed by atoms with Crippen molar-refractivity contribution >= 4 is 27.3 Å². The van der Waals surface area contributed by atoms with Gasteiger partial charge in [0.05, 0.1) is 22.8 Å². The minimum atomic E-state index is -3.78. The van der Waals surface area contributed by atoms with E-state index < -0.39 is 10.0 Å². The van der Waals surface area contributed by atoms with Crippen LogP contribution in [0.3, 0.4) is 0 Å². The summed E-state index contributed by atoms with van der Waals surface area (Å²) in [5.41, 5.74) is 6.38. The molecule has 6 N–H and O–H groups in total. The molecule has 0 saturated carbocycles. The van der Waals surface area contributed by atoms with E-state index in [0.717, 1.165) is 0 Å². The molecule has 0 bridgehead atoms. The Morgan fingerprint density at radius 2 is 2.00 bits per heavy atom. The molecule has 0 spiro atoms. The van der Waals surface area contributed by atoms with Crippen LogP contribution in [0.2, 0.25) is 0 Å². The van der Waals surface area contributed by atoms with Gasteiger partial charge >= 0.3 is 0 Å². The summed E-state index contributed by atoms with van der Waals surface area (Å²) in [7, 11) is -3.78. The molecule has 1 aromatic rings. The highest BCUT2D eigenvalue weighted by Crippen LogP contribution is 2.21. The zero-order valence-electron chi connectivity index (χ0n) is 10.8. The SMILES string of the molecule is CC(C)NC(=O)CNc1ccc(S(N)(=O)=O)cc1N. The molecule has 0 radical (unpaired) electrons. The van der Waals surface area contributed by atoms with Crippen LogP contribution in [0.25, 0.3) is 0 Å². The first-order chi connectivity index (χ1) is 8.70. The van der Waals surface area contributed by atoms with Gasteiger partial charge in [-0.3, -0.25) is 4.79 Å². The second kappa shape index (κ2) is 5.89. The lowest BCUT2D eigenvalue weighted by Crippen LogP contribution is -2.34. The molecule has 0 saturated heterocycles. The highest BCUT2D eigenvalue weighted by Gasteiger charge is 2.10. The fourth-order valence-corrected chi connectivity index (χ4v) is 1.98. The normalized spacial score (nSPS) is 11.4. The monoisotopic (exact) mass is 286 g/mol. The standard InChI is InChI=1S/C11H18N4O3S/c1-7(2)15-11(16)6-14-10-4-3-8(5-9(10)12)19(13,17)18/h3-5,7,14H,6,12H2,1-2H3,(H,15,16)(H2,13,17,18). The maximum Gasteiger partial charge on any atom is 0.239 e. The smallest absolute Gasteiger partial charge is 0.239 e. The molecule has 0 aliphatic rings. The van der Waals surface area contributed by atoms with Gasteiger partial charge in [-0.25, -0.2) is 13.6 Å². The molecule has 0 unspecified atom stereocenters. The summed E-state index contributed by atoms with van der Waals surface area (Å²) in [6, 6.07) is 4.10. The van der Waals surface area contributed by atoms with E-state index in [1.165, 1.54) is 18.2 Å². The largest absolute Gasteiger partial charge is 0.397 e. The van der Waals surface area contributed by atoms with Crippen LogP contribution in [0.1, 0.15) is 13.8 Å². The lowest BCUT2D eigenvalue weighted by Gasteiger charge is -2.12. The molecule has 7 nitrogen and oxygen atoms in total. The van der Waals surface area contributed by atoms with Crippen molar-refractivity contribution in [3.8, 4) is 0 Å². The maximum atomic E-state index is 11.4. The fraction of sp³-hybridized carbons (Fsp3) is 0.364. The van der Waals surface area contributed by atoms with Crippen molar-refractivity contribution in [1.82, 2.24) is 5.32 Å². The molecule has 8 heteroatoms. The third kappa shape index (κ3) is 4.76. The van der Waals surface area contributed by atoms with Gasteiger partial charge < -0.3 is 16.4 Å². The van der Waals surface area contributed by atoms with E-state index in [2.05, 4.69) is 10.6 Å². The highest BCUT2D eigenvalue weighted by atomic mass is 32.2. The van der Waals surface area contributed by atoms with E-state index in [4.69, 9.17) is 10.9 Å². The second-order valence-electron chi connectivity index (χ2n) is 4.37. The molecule has 1 aromatic carbocycles. The van der Waals surface area contributed by atoms with Crippen molar-refractivity contribution in [3.05, 3.63) is 18.2 Å². The number of sulfonamides is 1. The van der Waals surface area contributed by atoms with Crippen molar-refractivity contribution in [3.63, 3.8) is 0 Å². The lowest BCUT2D eigenvalue weighted by molar-refractivity contribution is -0.119. The average Bonchev–Trinajstić information content (AvgIpc) is 2.25. The summed E-state index contributed by atoms with van der Waals surface area (Å²) in [4.78, 5) is 11.4. The van der Waals surface area contributed by atoms with Crippen molar-refractivity contribution in [1.29, 1.82) is 0 Å². The van der Waals surface area contributed by atoms with E-state index in [1.807, 2.05) is 13.8 Å². The van der Waals surface area contributed by atoms with Crippen molar-refractivity contribution in [2.24, 2.45) is 5.14 Å². The van der Waals surface area contributed by atoms with Crippen LogP contribution in [0.4, 0.5) is 11.4 Å². The van der Waals surface area contributed by atoms with E-state index in [-0.39, 0.29) is 29.1 Å². The minimum absolute atomic E-state index is 0.0522. The summed E-state index contributed by atoms with van der Waals surface area (Å²) >= 11 is 0. The number of nitrogen functional groups attached to an aromatic ring is 1. The molecular formula is C11H18N4O3S. The molecule has 19 heavy (non-hydrogen) atoms. The Morgan fingerprint density at radius 3 is 2.47 bits per heavy atom. The zero-order valence-corrected chi connectivity index (χ0v) is 11.6. The summed E-state index contributed by atoms with van der Waals surface area (Å²) in [6.45, 7) is 3.76. The molecule has 1 rings (SSSR count). The number of nitrogens with two attached hydrogens (primary N) is 2. The zero-order chi connectivity index (χ0) is 14.6. The van der Waals surface area contributed by atoms with Crippen LogP contribution >= 0.6 is 0 Å². The molecule has 0 aliphatic heterocycles. The maximum absolute atomic E-state index is 11.4. The summed E-state index contributed by atoms with van der Waals surface area (Å²) < 4.78 is 22.2. The van der Waals surface area contributed by atoms with Gasteiger partial charge in [-0.05, 0) is 32.0 Å². The molecule has 1 amide bonds. The van der Waals surface area contributed by atoms with Crippen LogP contribution < -0.4 is 21.5 Å². The Bertz CT molecular complexity index is 569. The van der Waals surface area contributed by atoms with Gasteiger partial charge in [0.25, 0.3) is 0 Å². The Kier molecular flexibility index (Phi) is 4.73. The van der Waals surface area contributed by atoms with Crippen LogP contribution in [0.15, 0.2) is 23.1 Å². The number of primary sulfonamides is 1. The Balaban J connectivity index is 2.74. The predicted octanol–water partition coefficient (Wildman–Crippen LogP) is -0.147. The molecule has 0 aliphatic carbocycles. The van der Waals surface area contributed by atoms with E-state index in [1.54, 1.807) is 0 Å². The number of benzene rings is 1. The van der Waals surface area contributed by atoms with Crippen LogP contribution in [-0.2, 0) is 14.8 Å². The second-order valence-corrected chi connectivity index (χ2v) is 5.93. The third-order valence-corrected chi connectivity index (χ3v) is 3.15. The Hall–Kier alpha value is -1.80. The minimum Gasteiger partial charge on any atom is -0.397 e. The van der Waals surface area contributed by atoms with Gasteiger partial charge in [-0.1, -0.05) is 0 Å². The molecule has 0 fully saturated rings. The summed E-state index contributed by atoms with van der Waals surface area (Å²) in [5.74, 6) is -0.176. The molecule has 0 atom stereocenters. The first-order valence-electron chi connectivity index (χ1n) is 5.65. The predicted molar refractivity (Wildman–Crippen MR) is 74.0 cm³/mol. The average molecular weight is 286 g/mol. The quantitative estimate of drug-likeness (QED) is 0.560. The number of hydrogen-bond donors (Lipinski definition) is 4. The fourth-order valence-electron chi connectivity index (χ4n) is 1.43. The van der Waals surface area contributed by atoms with Gasteiger partial charge in [-0.2, -0.15) is 0 Å². The van der Waals surface area contributed by atoms with E-state index in [9.17, 15) is 13.2 Å². The summed E-state index contributed by atoms with van der Waals surface area (Å²) in [5, 5.41) is 10.5. The number of nitrogens with one attached hydrogen (secondary N) is 2. The number of anilines is 2. The molecule has 0 aromatic heterocycles. The number of carbonyl (C=O) groups is 1. The molecular weight excluding hydrogens is 268 g/mol. The topological polar surface area (TPSA) is 127 Å². The lowest BCUT2D eigenvalue weighted by atomic mass is 10.2. The van der Waals surface area contributed by atoms with Gasteiger partial charge in [-0.15, -0.1) is 0 Å². The Morgan fingerprint density at radius 1 is 1.37 bits per heavy atom. The van der Waals surface area contributed by atoms with Crippen LogP contribution in [0.5, 0.6) is 0 Å². The van der Waals surface area contributed by atoms with Gasteiger partial charge in [0, 0.05) is 6.04 Å². The third-order valence-electron chi connectivity index (χ3n) is 2.24. The van der Waals surface area contributed by atoms with E-state index in [0.29, 0.717) is 5.69 Å². The first-order valence-corrected chi connectivity index (χ1v) is 7.20. The first kappa shape index (κ1) is 15.3. The van der Waals surface area contributed by atoms with E-state index >= 15 is 0 Å². The highest BCUT2D eigenvalue weighted by molar-refractivity contribution is 7.89. The van der Waals surface area contributed by atoms with Gasteiger partial charge in [0.1, 0.15) is 0 Å². The van der Waals surface area contributed by atoms with Crippen molar-refractivity contribution < 1.29 is 13.2 Å². The molecule has 0 heterocycles. The van der Waals surface area contributed by atoms with Crippen LogP contribution in [-0.4, -0.2) is 26.9 Å². The number of hydrogen-bond acceptors (Lipinski definition) is 5. The van der Waals surface area contributed by atoms with Crippen LogP contribution in [0, 0.1) is 0 Å². The van der Waals surface area contributed by atoms with Crippen molar-refractivity contribution in [2.45, 2.75) is 24.8 Å².